The second-order valence-electron chi connectivity index (χ2n) is 4.93. The number of esters is 1. The van der Waals surface area contributed by atoms with Gasteiger partial charge in [-0.3, -0.25) is 9.59 Å². The Labute approximate surface area is 117 Å². The number of allylic oxidation sites excluding steroid dienone is 2. The molecule has 1 aliphatic heterocycles. The van der Waals surface area contributed by atoms with Crippen LogP contribution in [0.25, 0.3) is 0 Å². The van der Waals surface area contributed by atoms with Gasteiger partial charge in [0.05, 0.1) is 0 Å². The first-order chi connectivity index (χ1) is 9.31. The summed E-state index contributed by atoms with van der Waals surface area (Å²) < 4.78 is 5.11. The maximum Gasteiger partial charge on any atom is 0.334 e. The summed E-state index contributed by atoms with van der Waals surface area (Å²) >= 11 is 0. The summed E-state index contributed by atoms with van der Waals surface area (Å²) in [5, 5.41) is 0. The van der Waals surface area contributed by atoms with Crippen LogP contribution in [0.4, 0.5) is 0 Å². The molecule has 0 saturated carbocycles. The number of hydrogen-bond donors (Lipinski definition) is 0. The summed E-state index contributed by atoms with van der Waals surface area (Å²) in [6.07, 6.45) is 2.51. The number of rotatable bonds is 7. The molecule has 0 radical (unpaired) electrons. The van der Waals surface area contributed by atoms with Crippen LogP contribution in [0.3, 0.4) is 0 Å². The van der Waals surface area contributed by atoms with Crippen LogP contribution in [-0.4, -0.2) is 29.4 Å². The number of carbonyl (C=O) groups is 4. The predicted molar refractivity (Wildman–Crippen MR) is 71.9 cm³/mol. The van der Waals surface area contributed by atoms with E-state index < -0.39 is 12.1 Å². The summed E-state index contributed by atoms with van der Waals surface area (Å²) in [5.41, 5.74) is 0.305. The molecule has 0 bridgehead atoms. The van der Waals surface area contributed by atoms with Gasteiger partial charge in [-0.1, -0.05) is 6.58 Å². The molecule has 0 amide bonds. The Hall–Kier alpha value is -2.04. The maximum absolute atomic E-state index is 11.7. The lowest BCUT2D eigenvalue weighted by molar-refractivity contribution is -0.140. The van der Waals surface area contributed by atoms with Crippen molar-refractivity contribution >= 4 is 23.3 Å². The molecule has 2 atom stereocenters. The van der Waals surface area contributed by atoms with Crippen molar-refractivity contribution in [2.75, 3.05) is 0 Å². The summed E-state index contributed by atoms with van der Waals surface area (Å²) in [5.74, 6) is -1.34. The summed E-state index contributed by atoms with van der Waals surface area (Å²) in [6, 6.07) is 0. The third kappa shape index (κ3) is 4.57. The first-order valence-electron chi connectivity index (χ1n) is 6.42. The van der Waals surface area contributed by atoms with Gasteiger partial charge in [0, 0.05) is 24.3 Å². The van der Waals surface area contributed by atoms with Crippen molar-refractivity contribution in [3.63, 3.8) is 0 Å². The fraction of sp³-hybridized carbons (Fsp3) is 0.467. The molecule has 1 saturated heterocycles. The van der Waals surface area contributed by atoms with Crippen molar-refractivity contribution < 1.29 is 23.9 Å². The number of ketones is 3. The molecule has 1 aliphatic rings. The van der Waals surface area contributed by atoms with Gasteiger partial charge in [0.15, 0.2) is 11.6 Å². The predicted octanol–water partition coefficient (Wildman–Crippen LogP) is 1.56. The van der Waals surface area contributed by atoms with Gasteiger partial charge in [-0.2, -0.15) is 0 Å². The summed E-state index contributed by atoms with van der Waals surface area (Å²) in [6.45, 7) is 6.47. The molecule has 108 valence electrons. The molecule has 0 spiro atoms. The molecule has 1 fully saturated rings. The average Bonchev–Trinajstić information content (AvgIpc) is 2.60. The van der Waals surface area contributed by atoms with E-state index in [1.54, 1.807) is 0 Å². The van der Waals surface area contributed by atoms with Crippen LogP contribution >= 0.6 is 0 Å². The van der Waals surface area contributed by atoms with Gasteiger partial charge in [0.25, 0.3) is 0 Å². The molecule has 0 aromatic heterocycles. The van der Waals surface area contributed by atoms with Crippen molar-refractivity contribution in [3.05, 3.63) is 24.3 Å². The zero-order valence-electron chi connectivity index (χ0n) is 11.7. The number of ether oxygens (including phenoxy) is 1. The lowest BCUT2D eigenvalue weighted by Crippen LogP contribution is -2.21. The lowest BCUT2D eigenvalue weighted by Gasteiger charge is -2.15. The number of Topliss-reactive ketones (excluding diaryl/α,β-unsaturated/α-hetero) is 1. The van der Waals surface area contributed by atoms with Crippen LogP contribution in [0.15, 0.2) is 24.3 Å². The minimum absolute atomic E-state index is 0.00287. The zero-order chi connectivity index (χ0) is 15.3. The molecule has 0 unspecified atom stereocenters. The second kappa shape index (κ2) is 6.93. The van der Waals surface area contributed by atoms with E-state index in [2.05, 4.69) is 6.58 Å². The van der Waals surface area contributed by atoms with Gasteiger partial charge in [0.1, 0.15) is 11.9 Å². The Morgan fingerprint density at radius 3 is 2.45 bits per heavy atom. The normalized spacial score (nSPS) is 22.1. The highest BCUT2D eigenvalue weighted by Gasteiger charge is 2.38. The van der Waals surface area contributed by atoms with E-state index in [0.29, 0.717) is 18.4 Å². The SMILES string of the molecule is C=C1C(=O)O[C@@H](CC(=O)/C=C/C(C)=O)[C@H]1CCC(C)=O. The van der Waals surface area contributed by atoms with E-state index in [4.69, 9.17) is 4.74 Å². The summed E-state index contributed by atoms with van der Waals surface area (Å²) in [7, 11) is 0. The fourth-order valence-electron chi connectivity index (χ4n) is 2.05. The van der Waals surface area contributed by atoms with Crippen LogP contribution in [0.5, 0.6) is 0 Å². The molecule has 0 N–H and O–H groups in total. The minimum atomic E-state index is -0.599. The van der Waals surface area contributed by atoms with E-state index in [9.17, 15) is 19.2 Å². The van der Waals surface area contributed by atoms with Gasteiger partial charge in [-0.15, -0.1) is 0 Å². The Balaban J connectivity index is 2.68. The Bertz CT molecular complexity index is 486. The number of carbonyl (C=O) groups excluding carboxylic acids is 4. The van der Waals surface area contributed by atoms with E-state index in [-0.39, 0.29) is 29.7 Å². The Morgan fingerprint density at radius 2 is 1.90 bits per heavy atom. The number of hydrogen-bond acceptors (Lipinski definition) is 5. The van der Waals surface area contributed by atoms with E-state index in [1.165, 1.54) is 26.0 Å². The molecule has 1 rings (SSSR count). The van der Waals surface area contributed by atoms with Crippen LogP contribution in [0.1, 0.15) is 33.1 Å². The molecule has 1 heterocycles. The molecule has 5 nitrogen and oxygen atoms in total. The minimum Gasteiger partial charge on any atom is -0.458 e. The summed E-state index contributed by atoms with van der Waals surface area (Å²) in [4.78, 5) is 44.9. The van der Waals surface area contributed by atoms with Crippen molar-refractivity contribution in [2.24, 2.45) is 5.92 Å². The highest BCUT2D eigenvalue weighted by Crippen LogP contribution is 2.32. The average molecular weight is 278 g/mol. The van der Waals surface area contributed by atoms with Gasteiger partial charge in [-0.25, -0.2) is 4.79 Å². The largest absolute Gasteiger partial charge is 0.458 e. The first kappa shape index (κ1) is 16.0. The Kier molecular flexibility index (Phi) is 5.55. The molecule has 0 aliphatic carbocycles. The van der Waals surface area contributed by atoms with Crippen LogP contribution in [0, 0.1) is 5.92 Å². The molecular weight excluding hydrogens is 260 g/mol. The third-order valence-corrected chi connectivity index (χ3v) is 3.13. The Morgan fingerprint density at radius 1 is 1.25 bits per heavy atom. The van der Waals surface area contributed by atoms with Gasteiger partial charge < -0.3 is 9.53 Å². The second-order valence-corrected chi connectivity index (χ2v) is 4.93. The molecule has 5 heteroatoms. The van der Waals surface area contributed by atoms with Gasteiger partial charge >= 0.3 is 5.97 Å². The highest BCUT2D eigenvalue weighted by atomic mass is 16.6. The van der Waals surface area contributed by atoms with Crippen molar-refractivity contribution in [2.45, 2.75) is 39.2 Å². The number of cyclic esters (lactones) is 1. The smallest absolute Gasteiger partial charge is 0.334 e. The lowest BCUT2D eigenvalue weighted by atomic mass is 9.89. The molecule has 0 aromatic rings. The van der Waals surface area contributed by atoms with Gasteiger partial charge in [-0.05, 0) is 32.4 Å². The third-order valence-electron chi connectivity index (χ3n) is 3.13. The molecule has 20 heavy (non-hydrogen) atoms. The van der Waals surface area contributed by atoms with Crippen molar-refractivity contribution in [1.29, 1.82) is 0 Å². The standard InChI is InChI=1S/C15H18O5/c1-9(16)4-6-12(18)8-14-13(7-5-10(2)17)11(3)15(19)20-14/h4,6,13-14H,3,5,7-8H2,1-2H3/b6-4+/t13-,14-/m0/s1. The van der Waals surface area contributed by atoms with Crippen LogP contribution in [0.2, 0.25) is 0 Å². The highest BCUT2D eigenvalue weighted by molar-refractivity contribution is 5.98. The van der Waals surface area contributed by atoms with Crippen LogP contribution < -0.4 is 0 Å². The van der Waals surface area contributed by atoms with E-state index >= 15 is 0 Å². The topological polar surface area (TPSA) is 77.5 Å². The fourth-order valence-corrected chi connectivity index (χ4v) is 2.05. The first-order valence-corrected chi connectivity index (χ1v) is 6.42. The monoisotopic (exact) mass is 278 g/mol. The van der Waals surface area contributed by atoms with Gasteiger partial charge in [0.2, 0.25) is 0 Å². The zero-order valence-corrected chi connectivity index (χ0v) is 11.7. The molecule has 0 aromatic carbocycles. The van der Waals surface area contributed by atoms with Crippen molar-refractivity contribution in [3.8, 4) is 0 Å². The van der Waals surface area contributed by atoms with E-state index in [0.717, 1.165) is 0 Å². The molecular formula is C15H18O5. The van der Waals surface area contributed by atoms with Crippen LogP contribution in [-0.2, 0) is 23.9 Å². The quantitative estimate of drug-likeness (QED) is 0.521. The van der Waals surface area contributed by atoms with Crippen molar-refractivity contribution in [1.82, 2.24) is 0 Å². The maximum atomic E-state index is 11.7. The van der Waals surface area contributed by atoms with E-state index in [1.807, 2.05) is 0 Å².